The highest BCUT2D eigenvalue weighted by molar-refractivity contribution is 7.10. The Labute approximate surface area is 171 Å². The summed E-state index contributed by atoms with van der Waals surface area (Å²) in [5.74, 6) is -0.348. The van der Waals surface area contributed by atoms with E-state index in [2.05, 4.69) is 10.5 Å². The largest absolute Gasteiger partial charge is 0.452 e. The Morgan fingerprint density at radius 1 is 1.14 bits per heavy atom. The van der Waals surface area contributed by atoms with Crippen LogP contribution in [0.25, 0.3) is 22.2 Å². The number of hydrogen-bond donors (Lipinski definition) is 1. The molecule has 4 rings (SSSR count). The smallest absolute Gasteiger partial charge is 0.338 e. The van der Waals surface area contributed by atoms with E-state index >= 15 is 0 Å². The lowest BCUT2D eigenvalue weighted by Gasteiger charge is -2.12. The van der Waals surface area contributed by atoms with Crippen molar-refractivity contribution in [1.29, 1.82) is 0 Å². The third kappa shape index (κ3) is 4.20. The number of ether oxygens (including phenoxy) is 1. The van der Waals surface area contributed by atoms with Crippen molar-refractivity contribution in [1.82, 2.24) is 10.5 Å². The van der Waals surface area contributed by atoms with Crippen LogP contribution in [0, 0.1) is 0 Å². The Morgan fingerprint density at radius 2 is 1.97 bits per heavy atom. The number of carbonyl (C=O) groups is 2. The van der Waals surface area contributed by atoms with Crippen LogP contribution in [0.1, 0.15) is 28.2 Å². The monoisotopic (exact) mass is 406 g/mol. The molecule has 0 fully saturated rings. The van der Waals surface area contributed by atoms with Crippen LogP contribution in [0.5, 0.6) is 0 Å². The quantitative estimate of drug-likeness (QED) is 0.474. The van der Waals surface area contributed by atoms with E-state index in [1.165, 1.54) is 0 Å². The van der Waals surface area contributed by atoms with Crippen LogP contribution >= 0.6 is 11.3 Å². The van der Waals surface area contributed by atoms with Gasteiger partial charge in [-0.1, -0.05) is 41.6 Å². The molecule has 0 aliphatic heterocycles. The van der Waals surface area contributed by atoms with Gasteiger partial charge < -0.3 is 14.6 Å². The minimum absolute atomic E-state index is 0.136. The van der Waals surface area contributed by atoms with Crippen molar-refractivity contribution in [2.24, 2.45) is 0 Å². The van der Waals surface area contributed by atoms with E-state index < -0.39 is 5.97 Å². The van der Waals surface area contributed by atoms with E-state index in [4.69, 9.17) is 9.26 Å². The van der Waals surface area contributed by atoms with Gasteiger partial charge in [-0.05, 0) is 36.6 Å². The van der Waals surface area contributed by atoms with Gasteiger partial charge in [-0.15, -0.1) is 11.3 Å². The molecule has 0 aliphatic carbocycles. The Kier molecular flexibility index (Phi) is 5.39. The molecular formula is C22H18N2O4S. The maximum atomic E-state index is 12.4. The predicted octanol–water partition coefficient (Wildman–Crippen LogP) is 4.59. The first kappa shape index (κ1) is 18.9. The number of nitrogens with zero attached hydrogens (tertiary/aromatic N) is 1. The SMILES string of the molecule is C[C@@H](NC(=O)COC(=O)c1ccc2noc(-c3ccccc3)c2c1)c1cccs1. The van der Waals surface area contributed by atoms with Crippen LogP contribution < -0.4 is 5.32 Å². The molecule has 0 saturated heterocycles. The lowest BCUT2D eigenvalue weighted by atomic mass is 10.1. The third-order valence-electron chi connectivity index (χ3n) is 4.43. The second-order valence-electron chi connectivity index (χ2n) is 6.49. The minimum atomic E-state index is -0.578. The molecule has 0 aliphatic rings. The molecule has 0 bridgehead atoms. The molecule has 2 aromatic heterocycles. The highest BCUT2D eigenvalue weighted by atomic mass is 32.1. The van der Waals surface area contributed by atoms with Gasteiger partial charge in [0.15, 0.2) is 12.4 Å². The summed E-state index contributed by atoms with van der Waals surface area (Å²) in [6.07, 6.45) is 0. The molecular weight excluding hydrogens is 388 g/mol. The van der Waals surface area contributed by atoms with Crippen LogP contribution in [0.2, 0.25) is 0 Å². The van der Waals surface area contributed by atoms with Crippen molar-refractivity contribution in [2.45, 2.75) is 13.0 Å². The number of hydrogen-bond acceptors (Lipinski definition) is 6. The van der Waals surface area contributed by atoms with Crippen molar-refractivity contribution in [3.8, 4) is 11.3 Å². The summed E-state index contributed by atoms with van der Waals surface area (Å²) >= 11 is 1.56. The Bertz CT molecular complexity index is 1140. The molecule has 0 unspecified atom stereocenters. The first-order valence-corrected chi connectivity index (χ1v) is 9.94. The molecule has 29 heavy (non-hydrogen) atoms. The highest BCUT2D eigenvalue weighted by Crippen LogP contribution is 2.29. The highest BCUT2D eigenvalue weighted by Gasteiger charge is 2.16. The first-order chi connectivity index (χ1) is 14.1. The van der Waals surface area contributed by atoms with Gasteiger partial charge in [-0.25, -0.2) is 4.79 Å². The zero-order chi connectivity index (χ0) is 20.2. The van der Waals surface area contributed by atoms with Gasteiger partial charge in [0.05, 0.1) is 17.0 Å². The summed E-state index contributed by atoms with van der Waals surface area (Å²) in [7, 11) is 0. The zero-order valence-electron chi connectivity index (χ0n) is 15.6. The first-order valence-electron chi connectivity index (χ1n) is 9.06. The number of carbonyl (C=O) groups excluding carboxylic acids is 2. The van der Waals surface area contributed by atoms with E-state index in [9.17, 15) is 9.59 Å². The summed E-state index contributed by atoms with van der Waals surface area (Å²) in [6.45, 7) is 1.54. The summed E-state index contributed by atoms with van der Waals surface area (Å²) < 4.78 is 10.6. The third-order valence-corrected chi connectivity index (χ3v) is 5.48. The lowest BCUT2D eigenvalue weighted by molar-refractivity contribution is -0.124. The minimum Gasteiger partial charge on any atom is -0.452 e. The van der Waals surface area contributed by atoms with Gasteiger partial charge in [0.1, 0.15) is 5.52 Å². The van der Waals surface area contributed by atoms with Crippen LogP contribution in [0.15, 0.2) is 70.6 Å². The molecule has 7 heteroatoms. The van der Waals surface area contributed by atoms with Gasteiger partial charge in [0, 0.05) is 10.4 Å². The molecule has 2 heterocycles. The van der Waals surface area contributed by atoms with E-state index in [1.807, 2.05) is 54.8 Å². The molecule has 4 aromatic rings. The van der Waals surface area contributed by atoms with Crippen molar-refractivity contribution >= 4 is 34.1 Å². The average molecular weight is 406 g/mol. The standard InChI is InChI=1S/C22H18N2O4S/c1-14(19-8-5-11-29-19)23-20(25)13-27-22(26)16-9-10-18-17(12-16)21(28-24-18)15-6-3-2-4-7-15/h2-12,14H,13H2,1H3,(H,23,25)/t14-/m1/s1. The molecule has 0 spiro atoms. The molecule has 146 valence electrons. The number of benzene rings is 2. The number of rotatable bonds is 6. The van der Waals surface area contributed by atoms with Gasteiger partial charge in [0.25, 0.3) is 5.91 Å². The molecule has 1 atom stereocenters. The molecule has 0 radical (unpaired) electrons. The Balaban J connectivity index is 1.44. The lowest BCUT2D eigenvalue weighted by Crippen LogP contribution is -2.30. The van der Waals surface area contributed by atoms with Gasteiger partial charge in [-0.3, -0.25) is 4.79 Å². The number of esters is 1. The summed E-state index contributed by atoms with van der Waals surface area (Å²) in [4.78, 5) is 25.5. The second-order valence-corrected chi connectivity index (χ2v) is 7.47. The van der Waals surface area contributed by atoms with Gasteiger partial charge in [-0.2, -0.15) is 0 Å². The summed E-state index contributed by atoms with van der Waals surface area (Å²) in [5.41, 5.74) is 1.84. The van der Waals surface area contributed by atoms with Crippen molar-refractivity contribution in [3.63, 3.8) is 0 Å². The summed E-state index contributed by atoms with van der Waals surface area (Å²) in [6, 6.07) is 18.2. The van der Waals surface area contributed by atoms with E-state index in [-0.39, 0.29) is 18.6 Å². The van der Waals surface area contributed by atoms with Crippen molar-refractivity contribution in [2.75, 3.05) is 6.61 Å². The van der Waals surface area contributed by atoms with Crippen molar-refractivity contribution in [3.05, 3.63) is 76.5 Å². The Hall–Kier alpha value is -3.45. The van der Waals surface area contributed by atoms with Crippen LogP contribution in [0.4, 0.5) is 0 Å². The molecule has 0 saturated carbocycles. The maximum absolute atomic E-state index is 12.4. The van der Waals surface area contributed by atoms with E-state index in [0.717, 1.165) is 10.4 Å². The maximum Gasteiger partial charge on any atom is 0.338 e. The van der Waals surface area contributed by atoms with Crippen LogP contribution in [-0.2, 0) is 9.53 Å². The molecule has 1 amide bonds. The number of amides is 1. The Morgan fingerprint density at radius 3 is 2.72 bits per heavy atom. The van der Waals surface area contributed by atoms with Gasteiger partial charge >= 0.3 is 5.97 Å². The van der Waals surface area contributed by atoms with E-state index in [1.54, 1.807) is 29.5 Å². The predicted molar refractivity (Wildman–Crippen MR) is 111 cm³/mol. The number of aromatic nitrogens is 1. The molecule has 6 nitrogen and oxygen atoms in total. The fraction of sp³-hybridized carbons (Fsp3) is 0.136. The van der Waals surface area contributed by atoms with Crippen LogP contribution in [0.3, 0.4) is 0 Å². The molecule has 1 N–H and O–H groups in total. The van der Waals surface area contributed by atoms with Gasteiger partial charge in [0.2, 0.25) is 0 Å². The molecule has 2 aromatic carbocycles. The zero-order valence-corrected chi connectivity index (χ0v) is 16.4. The number of fused-ring (bicyclic) bond motifs is 1. The van der Waals surface area contributed by atoms with Crippen molar-refractivity contribution < 1.29 is 18.8 Å². The fourth-order valence-electron chi connectivity index (χ4n) is 2.97. The number of nitrogens with one attached hydrogen (secondary N) is 1. The normalized spacial score (nSPS) is 11.9. The average Bonchev–Trinajstić information content (AvgIpc) is 3.42. The van der Waals surface area contributed by atoms with E-state index in [0.29, 0.717) is 22.2 Å². The van der Waals surface area contributed by atoms with Crippen LogP contribution in [-0.4, -0.2) is 23.6 Å². The fourth-order valence-corrected chi connectivity index (χ4v) is 3.71. The number of thiophene rings is 1. The second kappa shape index (κ2) is 8.28. The topological polar surface area (TPSA) is 81.4 Å². The summed E-state index contributed by atoms with van der Waals surface area (Å²) in [5, 5.41) is 9.51.